The zero-order valence-corrected chi connectivity index (χ0v) is 11.2. The Kier molecular flexibility index (Phi) is 3.76. The molecule has 2 aromatic heterocycles. The van der Waals surface area contributed by atoms with Gasteiger partial charge in [-0.15, -0.1) is 11.3 Å². The van der Waals surface area contributed by atoms with Gasteiger partial charge in [0.2, 0.25) is 15.9 Å². The van der Waals surface area contributed by atoms with Crippen molar-refractivity contribution >= 4 is 21.4 Å². The van der Waals surface area contributed by atoms with Crippen LogP contribution in [0.4, 0.5) is 0 Å². The maximum atomic E-state index is 11.9. The van der Waals surface area contributed by atoms with Gasteiger partial charge in [0, 0.05) is 18.3 Å². The number of nitrogens with one attached hydrogen (secondary N) is 1. The molecule has 0 spiro atoms. The highest BCUT2D eigenvalue weighted by atomic mass is 32.2. The SMILES string of the molecule is Cc1nc(CNS(=O)(=O)c2ccc(CN)s2)no1. The van der Waals surface area contributed by atoms with Crippen LogP contribution in [-0.4, -0.2) is 18.6 Å². The summed E-state index contributed by atoms with van der Waals surface area (Å²) in [4.78, 5) is 4.72. The molecule has 98 valence electrons. The largest absolute Gasteiger partial charge is 0.340 e. The van der Waals surface area contributed by atoms with Crippen LogP contribution in [0.5, 0.6) is 0 Å². The van der Waals surface area contributed by atoms with Gasteiger partial charge in [-0.2, -0.15) is 4.98 Å². The highest BCUT2D eigenvalue weighted by Gasteiger charge is 2.17. The van der Waals surface area contributed by atoms with Gasteiger partial charge in [-0.3, -0.25) is 0 Å². The molecular formula is C9H12N4O3S2. The molecule has 0 aliphatic heterocycles. The third-order valence-electron chi connectivity index (χ3n) is 2.09. The first-order chi connectivity index (χ1) is 8.51. The van der Waals surface area contributed by atoms with E-state index in [0.29, 0.717) is 18.3 Å². The minimum atomic E-state index is -3.55. The Bertz CT molecular complexity index is 632. The predicted octanol–water partition coefficient (Wildman–Crippen LogP) is 0.377. The molecule has 0 saturated carbocycles. The molecule has 2 heterocycles. The second-order valence-corrected chi connectivity index (χ2v) is 6.64. The van der Waals surface area contributed by atoms with Crippen LogP contribution in [-0.2, 0) is 23.1 Å². The Morgan fingerprint density at radius 1 is 1.50 bits per heavy atom. The van der Waals surface area contributed by atoms with Gasteiger partial charge in [0.15, 0.2) is 5.82 Å². The monoisotopic (exact) mass is 288 g/mol. The molecule has 0 aliphatic carbocycles. The van der Waals surface area contributed by atoms with E-state index < -0.39 is 10.0 Å². The summed E-state index contributed by atoms with van der Waals surface area (Å²) in [5.41, 5.74) is 5.44. The van der Waals surface area contributed by atoms with Crippen molar-refractivity contribution in [1.29, 1.82) is 0 Å². The van der Waals surface area contributed by atoms with Crippen molar-refractivity contribution in [3.8, 4) is 0 Å². The first-order valence-corrected chi connectivity index (χ1v) is 7.39. The lowest BCUT2D eigenvalue weighted by Gasteiger charge is -2.00. The Morgan fingerprint density at radius 2 is 2.28 bits per heavy atom. The molecule has 0 aromatic carbocycles. The van der Waals surface area contributed by atoms with E-state index in [1.807, 2.05) is 0 Å². The van der Waals surface area contributed by atoms with Gasteiger partial charge in [0.1, 0.15) is 4.21 Å². The van der Waals surface area contributed by atoms with Crippen molar-refractivity contribution in [2.45, 2.75) is 24.2 Å². The molecule has 0 fully saturated rings. The van der Waals surface area contributed by atoms with Crippen LogP contribution in [0, 0.1) is 6.92 Å². The van der Waals surface area contributed by atoms with Crippen molar-refractivity contribution in [2.24, 2.45) is 5.73 Å². The van der Waals surface area contributed by atoms with Crippen LogP contribution in [0.3, 0.4) is 0 Å². The van der Waals surface area contributed by atoms with Crippen LogP contribution in [0.1, 0.15) is 16.6 Å². The van der Waals surface area contributed by atoms with Crippen molar-refractivity contribution in [2.75, 3.05) is 0 Å². The molecule has 9 heteroatoms. The van der Waals surface area contributed by atoms with E-state index in [1.165, 1.54) is 6.07 Å². The third-order valence-corrected chi connectivity index (χ3v) is 5.09. The molecule has 2 rings (SSSR count). The van der Waals surface area contributed by atoms with Gasteiger partial charge >= 0.3 is 0 Å². The second kappa shape index (κ2) is 5.14. The van der Waals surface area contributed by atoms with Crippen LogP contribution in [0.15, 0.2) is 20.9 Å². The maximum absolute atomic E-state index is 11.9. The Labute approximate surface area is 108 Å². The van der Waals surface area contributed by atoms with Gasteiger partial charge in [-0.05, 0) is 12.1 Å². The fourth-order valence-electron chi connectivity index (χ4n) is 1.26. The second-order valence-electron chi connectivity index (χ2n) is 3.48. The first kappa shape index (κ1) is 13.1. The molecule has 0 amide bonds. The van der Waals surface area contributed by atoms with E-state index in [9.17, 15) is 8.42 Å². The van der Waals surface area contributed by atoms with Gasteiger partial charge in [-0.25, -0.2) is 13.1 Å². The Balaban J connectivity index is 2.07. The minimum absolute atomic E-state index is 0.00443. The third kappa shape index (κ3) is 2.93. The van der Waals surface area contributed by atoms with Crippen molar-refractivity contribution in [3.63, 3.8) is 0 Å². The molecule has 7 nitrogen and oxygen atoms in total. The molecule has 0 aliphatic rings. The molecule has 18 heavy (non-hydrogen) atoms. The molecule has 0 saturated heterocycles. The first-order valence-electron chi connectivity index (χ1n) is 5.09. The van der Waals surface area contributed by atoms with Crippen molar-refractivity contribution < 1.29 is 12.9 Å². The van der Waals surface area contributed by atoms with E-state index in [0.717, 1.165) is 16.2 Å². The molecule has 0 unspecified atom stereocenters. The zero-order chi connectivity index (χ0) is 13.2. The van der Waals surface area contributed by atoms with E-state index in [-0.39, 0.29) is 10.8 Å². The van der Waals surface area contributed by atoms with Crippen LogP contribution >= 0.6 is 11.3 Å². The molecular weight excluding hydrogens is 276 g/mol. The van der Waals surface area contributed by atoms with Gasteiger partial charge in [0.25, 0.3) is 0 Å². The van der Waals surface area contributed by atoms with Crippen LogP contribution < -0.4 is 10.5 Å². The number of rotatable bonds is 5. The Morgan fingerprint density at radius 3 is 2.83 bits per heavy atom. The molecule has 0 atom stereocenters. The summed E-state index contributed by atoms with van der Waals surface area (Å²) in [6.07, 6.45) is 0. The van der Waals surface area contributed by atoms with Crippen LogP contribution in [0.25, 0.3) is 0 Å². The standard InChI is InChI=1S/C9H12N4O3S2/c1-6-12-8(13-16-6)5-11-18(14,15)9-3-2-7(4-10)17-9/h2-3,11H,4-5,10H2,1H3. The van der Waals surface area contributed by atoms with E-state index in [2.05, 4.69) is 14.9 Å². The zero-order valence-electron chi connectivity index (χ0n) is 9.58. The smallest absolute Gasteiger partial charge is 0.250 e. The summed E-state index contributed by atoms with van der Waals surface area (Å²) in [5.74, 6) is 0.692. The summed E-state index contributed by atoms with van der Waals surface area (Å²) in [6, 6.07) is 3.22. The van der Waals surface area contributed by atoms with Crippen molar-refractivity contribution in [1.82, 2.24) is 14.9 Å². The molecule has 0 radical (unpaired) electrons. The molecule has 0 bridgehead atoms. The normalized spacial score (nSPS) is 11.9. The number of hydrogen-bond donors (Lipinski definition) is 2. The number of nitrogens with zero attached hydrogens (tertiary/aromatic N) is 2. The highest BCUT2D eigenvalue weighted by Crippen LogP contribution is 2.20. The molecule has 2 aromatic rings. The number of aryl methyl sites for hydroxylation is 1. The topological polar surface area (TPSA) is 111 Å². The summed E-state index contributed by atoms with van der Waals surface area (Å²) in [5, 5.41) is 3.60. The van der Waals surface area contributed by atoms with Gasteiger partial charge in [0.05, 0.1) is 6.54 Å². The van der Waals surface area contributed by atoms with Crippen molar-refractivity contribution in [3.05, 3.63) is 28.7 Å². The molecule has 3 N–H and O–H groups in total. The number of sulfonamides is 1. The fourth-order valence-corrected chi connectivity index (χ4v) is 3.52. The van der Waals surface area contributed by atoms with E-state index in [1.54, 1.807) is 13.0 Å². The van der Waals surface area contributed by atoms with E-state index in [4.69, 9.17) is 10.3 Å². The van der Waals surface area contributed by atoms with Gasteiger partial charge < -0.3 is 10.3 Å². The average molecular weight is 288 g/mol. The lowest BCUT2D eigenvalue weighted by Crippen LogP contribution is -2.23. The Hall–Kier alpha value is -1.29. The van der Waals surface area contributed by atoms with Crippen LogP contribution in [0.2, 0.25) is 0 Å². The fraction of sp³-hybridized carbons (Fsp3) is 0.333. The number of nitrogens with two attached hydrogens (primary N) is 1. The minimum Gasteiger partial charge on any atom is -0.340 e. The lowest BCUT2D eigenvalue weighted by atomic mass is 10.5. The predicted molar refractivity (Wildman–Crippen MR) is 65.3 cm³/mol. The van der Waals surface area contributed by atoms with Gasteiger partial charge in [-0.1, -0.05) is 5.16 Å². The summed E-state index contributed by atoms with van der Waals surface area (Å²) >= 11 is 1.14. The summed E-state index contributed by atoms with van der Waals surface area (Å²) < 4.78 is 31.2. The number of aromatic nitrogens is 2. The lowest BCUT2D eigenvalue weighted by molar-refractivity contribution is 0.387. The number of thiophene rings is 1. The van der Waals surface area contributed by atoms with E-state index >= 15 is 0 Å². The quantitative estimate of drug-likeness (QED) is 0.822. The average Bonchev–Trinajstić information content (AvgIpc) is 2.95. The summed E-state index contributed by atoms with van der Waals surface area (Å²) in [7, 11) is -3.55. The highest BCUT2D eigenvalue weighted by molar-refractivity contribution is 7.91. The number of hydrogen-bond acceptors (Lipinski definition) is 7. The maximum Gasteiger partial charge on any atom is 0.250 e. The summed E-state index contributed by atoms with van der Waals surface area (Å²) in [6.45, 7) is 1.96.